The van der Waals surface area contributed by atoms with Gasteiger partial charge in [0.05, 0.1) is 0 Å². The lowest BCUT2D eigenvalue weighted by Gasteiger charge is -2.46. The predicted molar refractivity (Wildman–Crippen MR) is 126 cm³/mol. The van der Waals surface area contributed by atoms with Gasteiger partial charge in [0.2, 0.25) is 0 Å². The second kappa shape index (κ2) is 9.25. The van der Waals surface area contributed by atoms with Crippen molar-refractivity contribution in [2.45, 2.75) is 91.8 Å². The molecular formula is C15H42O7Si6. The third-order valence-corrected chi connectivity index (χ3v) is 27.0. The van der Waals surface area contributed by atoms with Crippen molar-refractivity contribution in [2.24, 2.45) is 0 Å². The lowest BCUT2D eigenvalue weighted by molar-refractivity contribution is 0.136. The Morgan fingerprint density at radius 1 is 0.500 bits per heavy atom. The standard InChI is InChI=1S/C15H42O7Si6/c1-13-14-15-16-28(12)21-26(8,9)19-24(4,5)17-23(2,3)18-25(6,7)20-27(10,11)22-28/h13-15H2,1-12H3. The quantitative estimate of drug-likeness (QED) is 0.396. The van der Waals surface area contributed by atoms with Crippen molar-refractivity contribution in [1.82, 2.24) is 0 Å². The molecule has 0 atom stereocenters. The zero-order valence-electron chi connectivity index (χ0n) is 20.0. The molecule has 0 spiro atoms. The number of unbranched alkanes of at least 4 members (excludes halogenated alkanes) is 1. The molecule has 0 N–H and O–H groups in total. The largest absolute Gasteiger partial charge is 0.479 e. The molecule has 1 aliphatic rings. The summed E-state index contributed by atoms with van der Waals surface area (Å²) in [6.45, 7) is 25.2. The van der Waals surface area contributed by atoms with Gasteiger partial charge < -0.3 is 29.1 Å². The van der Waals surface area contributed by atoms with E-state index in [0.29, 0.717) is 6.61 Å². The van der Waals surface area contributed by atoms with Crippen LogP contribution >= 0.6 is 0 Å². The van der Waals surface area contributed by atoms with Crippen molar-refractivity contribution in [3.05, 3.63) is 0 Å². The minimum Gasteiger partial charge on any atom is -0.416 e. The normalized spacial score (nSPS) is 28.7. The molecule has 28 heavy (non-hydrogen) atoms. The van der Waals surface area contributed by atoms with Gasteiger partial charge in [-0.3, -0.25) is 0 Å². The van der Waals surface area contributed by atoms with Crippen molar-refractivity contribution in [3.8, 4) is 0 Å². The van der Waals surface area contributed by atoms with Crippen LogP contribution in [0.3, 0.4) is 0 Å². The van der Waals surface area contributed by atoms with E-state index in [0.717, 1.165) is 12.8 Å². The van der Waals surface area contributed by atoms with Crippen LogP contribution in [0.1, 0.15) is 19.8 Å². The Labute approximate surface area is 179 Å². The zero-order chi connectivity index (χ0) is 22.1. The molecule has 1 aliphatic heterocycles. The van der Waals surface area contributed by atoms with Crippen molar-refractivity contribution in [3.63, 3.8) is 0 Å². The average molecular weight is 503 g/mol. The van der Waals surface area contributed by atoms with E-state index in [2.05, 4.69) is 46.2 Å². The first kappa shape index (κ1) is 27.1. The summed E-state index contributed by atoms with van der Waals surface area (Å²) in [5.74, 6) is 0. The Morgan fingerprint density at radius 3 is 1.07 bits per heavy atom. The fourth-order valence-corrected chi connectivity index (χ4v) is 34.2. The highest BCUT2D eigenvalue weighted by molar-refractivity contribution is 6.92. The van der Waals surface area contributed by atoms with Crippen LogP contribution in [0.2, 0.25) is 72.0 Å². The number of hydrogen-bond acceptors (Lipinski definition) is 7. The maximum atomic E-state index is 6.56. The summed E-state index contributed by atoms with van der Waals surface area (Å²) in [5.41, 5.74) is 0. The lowest BCUT2D eigenvalue weighted by atomic mass is 10.4. The molecule has 168 valence electrons. The minimum absolute atomic E-state index is 0.614. The van der Waals surface area contributed by atoms with Gasteiger partial charge in [0.1, 0.15) is 0 Å². The van der Waals surface area contributed by atoms with Crippen molar-refractivity contribution in [2.75, 3.05) is 6.61 Å². The first-order valence-corrected chi connectivity index (χ1v) is 26.5. The van der Waals surface area contributed by atoms with Crippen molar-refractivity contribution >= 4 is 51.6 Å². The molecule has 0 aromatic carbocycles. The fourth-order valence-electron chi connectivity index (χ4n) is 3.85. The first-order chi connectivity index (χ1) is 12.3. The smallest absolute Gasteiger partial charge is 0.416 e. The number of rotatable bonds is 4. The van der Waals surface area contributed by atoms with Gasteiger partial charge in [0.15, 0.2) is 0 Å². The molecule has 0 unspecified atom stereocenters. The Morgan fingerprint density at radius 2 is 0.786 bits per heavy atom. The van der Waals surface area contributed by atoms with Gasteiger partial charge in [0.25, 0.3) is 0 Å². The van der Waals surface area contributed by atoms with E-state index in [1.54, 1.807) is 0 Å². The lowest BCUT2D eigenvalue weighted by Crippen LogP contribution is -2.65. The molecule has 0 saturated carbocycles. The van der Waals surface area contributed by atoms with Gasteiger partial charge in [-0.2, -0.15) is 0 Å². The Bertz CT molecular complexity index is 491. The Hall–Kier alpha value is 1.02. The van der Waals surface area contributed by atoms with Crippen LogP contribution in [-0.2, 0) is 29.1 Å². The summed E-state index contributed by atoms with van der Waals surface area (Å²) in [5, 5.41) is 0. The van der Waals surface area contributed by atoms with Crippen LogP contribution in [0, 0.1) is 0 Å². The summed E-state index contributed by atoms with van der Waals surface area (Å²) in [7, 11) is -15.5. The monoisotopic (exact) mass is 502 g/mol. The van der Waals surface area contributed by atoms with Gasteiger partial charge >= 0.3 is 51.6 Å². The highest BCUT2D eigenvalue weighted by atomic mass is 28.5. The van der Waals surface area contributed by atoms with Crippen LogP contribution in [0.4, 0.5) is 0 Å². The summed E-state index contributed by atoms with van der Waals surface area (Å²) >= 11 is 0. The molecule has 13 heteroatoms. The van der Waals surface area contributed by atoms with Gasteiger partial charge in [-0.15, -0.1) is 0 Å². The zero-order valence-corrected chi connectivity index (χ0v) is 26.0. The second-order valence-electron chi connectivity index (χ2n) is 9.68. The summed E-state index contributed by atoms with van der Waals surface area (Å²) < 4.78 is 45.4. The van der Waals surface area contributed by atoms with Crippen molar-refractivity contribution < 1.29 is 29.1 Å². The molecule has 0 amide bonds. The highest BCUT2D eigenvalue weighted by Crippen LogP contribution is 2.31. The van der Waals surface area contributed by atoms with E-state index >= 15 is 0 Å². The SMILES string of the molecule is CCCCO[Si]1(C)O[Si](C)(C)O[Si](C)(C)O[Si](C)(C)O[Si](C)(C)O[Si](C)(C)O1. The molecule has 0 bridgehead atoms. The van der Waals surface area contributed by atoms with E-state index in [4.69, 9.17) is 29.1 Å². The minimum atomic E-state index is -2.96. The van der Waals surface area contributed by atoms with Crippen LogP contribution in [0.25, 0.3) is 0 Å². The number of hydrogen-bond donors (Lipinski definition) is 0. The molecule has 0 aromatic rings. The van der Waals surface area contributed by atoms with E-state index in [1.165, 1.54) is 0 Å². The topological polar surface area (TPSA) is 64.6 Å². The molecule has 1 heterocycles. The predicted octanol–water partition coefficient (Wildman–Crippen LogP) is 4.99. The maximum Gasteiger partial charge on any atom is 0.479 e. The Kier molecular flexibility index (Phi) is 8.94. The Balaban J connectivity index is 3.28. The highest BCUT2D eigenvalue weighted by Gasteiger charge is 2.53. The van der Waals surface area contributed by atoms with Crippen LogP contribution in [0.5, 0.6) is 0 Å². The van der Waals surface area contributed by atoms with E-state index in [1.807, 2.05) is 32.7 Å². The maximum absolute atomic E-state index is 6.56. The molecule has 0 aromatic heterocycles. The van der Waals surface area contributed by atoms with Crippen LogP contribution in [0.15, 0.2) is 0 Å². The van der Waals surface area contributed by atoms with Gasteiger partial charge in [0, 0.05) is 13.2 Å². The molecule has 0 radical (unpaired) electrons. The van der Waals surface area contributed by atoms with Gasteiger partial charge in [-0.1, -0.05) is 13.3 Å². The third-order valence-electron chi connectivity index (χ3n) is 3.69. The molecular weight excluding hydrogens is 461 g/mol. The molecule has 1 saturated heterocycles. The van der Waals surface area contributed by atoms with Gasteiger partial charge in [-0.25, -0.2) is 0 Å². The van der Waals surface area contributed by atoms with E-state index in [9.17, 15) is 0 Å². The molecule has 0 aliphatic carbocycles. The van der Waals surface area contributed by atoms with Gasteiger partial charge in [-0.05, 0) is 71.9 Å². The average Bonchev–Trinajstić information content (AvgIpc) is 2.28. The first-order valence-electron chi connectivity index (χ1n) is 10.1. The summed E-state index contributed by atoms with van der Waals surface area (Å²) in [4.78, 5) is 0. The van der Waals surface area contributed by atoms with Crippen LogP contribution in [-0.4, -0.2) is 58.2 Å². The molecule has 7 nitrogen and oxygen atoms in total. The summed E-state index contributed by atoms with van der Waals surface area (Å²) in [6.07, 6.45) is 2.02. The third kappa shape index (κ3) is 9.89. The van der Waals surface area contributed by atoms with E-state index < -0.39 is 51.6 Å². The fraction of sp³-hybridized carbons (Fsp3) is 1.00. The summed E-state index contributed by atoms with van der Waals surface area (Å²) in [6, 6.07) is 0. The van der Waals surface area contributed by atoms with Crippen LogP contribution < -0.4 is 0 Å². The van der Waals surface area contributed by atoms with Crippen molar-refractivity contribution in [1.29, 1.82) is 0 Å². The molecule has 1 rings (SSSR count). The second-order valence-corrected chi connectivity index (χ2v) is 30.6. The van der Waals surface area contributed by atoms with E-state index in [-0.39, 0.29) is 0 Å². The molecule has 1 fully saturated rings.